The van der Waals surface area contributed by atoms with E-state index in [-0.39, 0.29) is 0 Å². The maximum atomic E-state index is 8.81. The van der Waals surface area contributed by atoms with Crippen molar-refractivity contribution in [3.05, 3.63) is 89.7 Å². The van der Waals surface area contributed by atoms with Gasteiger partial charge in [0, 0.05) is 24.8 Å². The van der Waals surface area contributed by atoms with E-state index in [0.29, 0.717) is 11.1 Å². The van der Waals surface area contributed by atoms with Crippen molar-refractivity contribution < 1.29 is 4.42 Å². The van der Waals surface area contributed by atoms with Crippen LogP contribution in [0.3, 0.4) is 0 Å². The Morgan fingerprint density at radius 3 is 1.97 bits per heavy atom. The molecule has 8 nitrogen and oxygen atoms in total. The Balaban J connectivity index is 0.000000211. The van der Waals surface area contributed by atoms with Crippen molar-refractivity contribution in [2.24, 2.45) is 0 Å². The van der Waals surface area contributed by atoms with Gasteiger partial charge < -0.3 is 14.2 Å². The molecular formula is C30H35N7O. The first-order chi connectivity index (χ1) is 18.5. The zero-order valence-corrected chi connectivity index (χ0v) is 22.6. The summed E-state index contributed by atoms with van der Waals surface area (Å²) in [7, 11) is 4.18. The van der Waals surface area contributed by atoms with Gasteiger partial charge in [0.25, 0.3) is 0 Å². The third kappa shape index (κ3) is 7.88. The van der Waals surface area contributed by atoms with Gasteiger partial charge in [-0.1, -0.05) is 13.8 Å². The summed E-state index contributed by atoms with van der Waals surface area (Å²) >= 11 is 0. The summed E-state index contributed by atoms with van der Waals surface area (Å²) < 4.78 is 7.41. The molecule has 0 aliphatic heterocycles. The minimum absolute atomic E-state index is 0.646. The maximum Gasteiger partial charge on any atom is 0.181 e. The third-order valence-corrected chi connectivity index (χ3v) is 5.94. The Hall–Kier alpha value is -4.24. The molecule has 0 N–H and O–H groups in total. The van der Waals surface area contributed by atoms with E-state index in [4.69, 9.17) is 14.9 Å². The monoisotopic (exact) mass is 509 g/mol. The lowest BCUT2D eigenvalue weighted by Crippen LogP contribution is -2.20. The molecule has 0 bridgehead atoms. The van der Waals surface area contributed by atoms with Crippen LogP contribution in [0.2, 0.25) is 0 Å². The molecule has 196 valence electrons. The standard InChI is InChI=1S/C15H18N4.C15H17N3O/c1-3-10-18(2)12-15-8-9-17-19(15)14-6-4-13(11-16)5-7-14;1-3-8-18(2)10-14-15(19-11-17-14)13-6-4-12(9-16)5-7-13/h4-9H,3,10,12H2,1-2H3;4-7,11H,3,8,10H2,1-2H3. The van der Waals surface area contributed by atoms with Crippen LogP contribution in [0, 0.1) is 22.7 Å². The molecule has 0 saturated carbocycles. The summed E-state index contributed by atoms with van der Waals surface area (Å²) in [5.41, 5.74) is 5.34. The van der Waals surface area contributed by atoms with Crippen molar-refractivity contribution in [1.82, 2.24) is 24.6 Å². The first-order valence-electron chi connectivity index (χ1n) is 12.8. The molecular weight excluding hydrogens is 474 g/mol. The SMILES string of the molecule is CCCN(C)Cc1ccnn1-c1ccc(C#N)cc1.CCCN(C)Cc1ncoc1-c1ccc(C#N)cc1. The van der Waals surface area contributed by atoms with E-state index in [0.717, 1.165) is 67.4 Å². The Bertz CT molecular complexity index is 1240. The van der Waals surface area contributed by atoms with Gasteiger partial charge in [0.05, 0.1) is 34.6 Å². The van der Waals surface area contributed by atoms with Gasteiger partial charge in [0.1, 0.15) is 5.69 Å². The molecule has 4 aromatic rings. The number of hydrogen-bond donors (Lipinski definition) is 0. The highest BCUT2D eigenvalue weighted by Gasteiger charge is 2.12. The molecule has 0 aliphatic carbocycles. The van der Waals surface area contributed by atoms with Crippen molar-refractivity contribution in [1.29, 1.82) is 10.5 Å². The van der Waals surface area contributed by atoms with E-state index in [1.165, 1.54) is 6.39 Å². The van der Waals surface area contributed by atoms with Crippen molar-refractivity contribution in [2.75, 3.05) is 27.2 Å². The largest absolute Gasteiger partial charge is 0.443 e. The van der Waals surface area contributed by atoms with Gasteiger partial charge in [-0.2, -0.15) is 15.6 Å². The smallest absolute Gasteiger partial charge is 0.181 e. The van der Waals surface area contributed by atoms with Crippen molar-refractivity contribution in [3.8, 4) is 29.1 Å². The van der Waals surface area contributed by atoms with Crippen LogP contribution < -0.4 is 0 Å². The summed E-state index contributed by atoms with van der Waals surface area (Å²) in [4.78, 5) is 8.77. The number of rotatable bonds is 10. The van der Waals surface area contributed by atoms with Crippen LogP contribution in [0.1, 0.15) is 49.2 Å². The summed E-state index contributed by atoms with van der Waals surface area (Å²) in [6.45, 7) is 8.06. The van der Waals surface area contributed by atoms with Gasteiger partial charge >= 0.3 is 0 Å². The van der Waals surface area contributed by atoms with Gasteiger partial charge in [-0.3, -0.25) is 0 Å². The number of nitrogens with zero attached hydrogens (tertiary/aromatic N) is 7. The summed E-state index contributed by atoms with van der Waals surface area (Å²) in [6, 6.07) is 21.1. The average Bonchev–Trinajstić information content (AvgIpc) is 3.59. The van der Waals surface area contributed by atoms with Gasteiger partial charge in [-0.15, -0.1) is 0 Å². The van der Waals surface area contributed by atoms with Crippen molar-refractivity contribution in [3.63, 3.8) is 0 Å². The Morgan fingerprint density at radius 1 is 0.816 bits per heavy atom. The van der Waals surface area contributed by atoms with Gasteiger partial charge in [0.15, 0.2) is 12.2 Å². The van der Waals surface area contributed by atoms with Crippen LogP contribution in [0.25, 0.3) is 17.0 Å². The van der Waals surface area contributed by atoms with Gasteiger partial charge in [0.2, 0.25) is 0 Å². The highest BCUT2D eigenvalue weighted by atomic mass is 16.3. The van der Waals surface area contributed by atoms with Gasteiger partial charge in [-0.25, -0.2) is 9.67 Å². The van der Waals surface area contributed by atoms with Crippen molar-refractivity contribution >= 4 is 0 Å². The summed E-state index contributed by atoms with van der Waals surface area (Å²) in [6.07, 6.45) is 5.54. The quantitative estimate of drug-likeness (QED) is 0.273. The lowest BCUT2D eigenvalue weighted by atomic mass is 10.1. The van der Waals surface area contributed by atoms with Gasteiger partial charge in [-0.05, 0) is 94.6 Å². The molecule has 38 heavy (non-hydrogen) atoms. The van der Waals surface area contributed by atoms with Crippen molar-refractivity contribution in [2.45, 2.75) is 39.8 Å². The first kappa shape index (κ1) is 28.3. The molecule has 0 unspecified atom stereocenters. The fourth-order valence-electron chi connectivity index (χ4n) is 4.13. The van der Waals surface area contributed by atoms with E-state index in [1.54, 1.807) is 12.1 Å². The number of oxazole rings is 1. The highest BCUT2D eigenvalue weighted by Crippen LogP contribution is 2.24. The van der Waals surface area contributed by atoms with Crippen LogP contribution >= 0.6 is 0 Å². The minimum atomic E-state index is 0.646. The fraction of sp³-hybridized carbons (Fsp3) is 0.333. The Morgan fingerprint density at radius 2 is 1.39 bits per heavy atom. The van der Waals surface area contributed by atoms with Crippen LogP contribution in [0.15, 0.2) is 71.6 Å². The maximum absolute atomic E-state index is 8.81. The van der Waals surface area contributed by atoms with Crippen LogP contribution in [-0.4, -0.2) is 51.7 Å². The molecule has 2 aromatic carbocycles. The first-order valence-corrected chi connectivity index (χ1v) is 12.8. The second-order valence-electron chi connectivity index (χ2n) is 9.19. The molecule has 0 atom stereocenters. The lowest BCUT2D eigenvalue weighted by molar-refractivity contribution is 0.320. The molecule has 0 fully saturated rings. The van der Waals surface area contributed by atoms with E-state index in [1.807, 2.05) is 53.3 Å². The zero-order chi connectivity index (χ0) is 27.3. The molecule has 4 rings (SSSR count). The van der Waals surface area contributed by atoms with E-state index >= 15 is 0 Å². The second-order valence-corrected chi connectivity index (χ2v) is 9.19. The summed E-state index contributed by atoms with van der Waals surface area (Å²) in [5, 5.41) is 22.0. The molecule has 8 heteroatoms. The molecule has 0 spiro atoms. The molecule has 0 aliphatic rings. The second kappa shape index (κ2) is 14.5. The minimum Gasteiger partial charge on any atom is -0.443 e. The molecule has 2 heterocycles. The van der Waals surface area contributed by atoms with Crippen LogP contribution in [0.4, 0.5) is 0 Å². The van der Waals surface area contributed by atoms with E-state index in [9.17, 15) is 0 Å². The normalized spacial score (nSPS) is 10.6. The highest BCUT2D eigenvalue weighted by molar-refractivity contribution is 5.60. The molecule has 0 amide bonds. The van der Waals surface area contributed by atoms with Crippen LogP contribution in [0.5, 0.6) is 0 Å². The molecule has 0 saturated heterocycles. The van der Waals surface area contributed by atoms with E-state index < -0.39 is 0 Å². The number of nitriles is 2. The molecule has 0 radical (unpaired) electrons. The predicted molar refractivity (Wildman–Crippen MR) is 148 cm³/mol. The van der Waals surface area contributed by atoms with Crippen LogP contribution in [-0.2, 0) is 13.1 Å². The Kier molecular flexibility index (Phi) is 10.8. The number of aromatic nitrogens is 3. The number of benzene rings is 2. The topological polar surface area (TPSA) is 97.9 Å². The number of hydrogen-bond acceptors (Lipinski definition) is 7. The predicted octanol–water partition coefficient (Wildman–Crippen LogP) is 5.64. The summed E-state index contributed by atoms with van der Waals surface area (Å²) in [5.74, 6) is 0.785. The Labute approximate surface area is 225 Å². The fourth-order valence-corrected chi connectivity index (χ4v) is 4.13. The van der Waals surface area contributed by atoms with E-state index in [2.05, 4.69) is 60.0 Å². The zero-order valence-electron chi connectivity index (χ0n) is 22.6. The third-order valence-electron chi connectivity index (χ3n) is 5.94. The average molecular weight is 510 g/mol. The lowest BCUT2D eigenvalue weighted by Gasteiger charge is -2.16. The molecule has 2 aromatic heterocycles.